The lowest BCUT2D eigenvalue weighted by Crippen LogP contribution is -2.32. The minimum atomic E-state index is -3.45. The summed E-state index contributed by atoms with van der Waals surface area (Å²) in [6, 6.07) is 18.7. The number of anilines is 1. The van der Waals surface area contributed by atoms with Crippen LogP contribution in [0.25, 0.3) is 0 Å². The van der Waals surface area contributed by atoms with Crippen molar-refractivity contribution in [2.24, 2.45) is 0 Å². The fraction of sp³-hybridized carbons (Fsp3) is 0.381. The molecule has 0 saturated carbocycles. The topological polar surface area (TPSA) is 86.7 Å². The molecule has 2 rings (SSSR count). The number of para-hydroxylation sites is 1. The molecule has 0 aliphatic heterocycles. The van der Waals surface area contributed by atoms with Gasteiger partial charge in [-0.25, -0.2) is 13.9 Å². The van der Waals surface area contributed by atoms with E-state index in [2.05, 4.69) is 0 Å². The van der Waals surface area contributed by atoms with Crippen LogP contribution in [0.2, 0.25) is 0 Å². The molecule has 2 aromatic carbocycles. The van der Waals surface area contributed by atoms with Gasteiger partial charge in [-0.15, -0.1) is 0 Å². The van der Waals surface area contributed by atoms with Crippen molar-refractivity contribution in [2.45, 2.75) is 45.1 Å². The van der Waals surface area contributed by atoms with Gasteiger partial charge in [0.2, 0.25) is 15.9 Å². The van der Waals surface area contributed by atoms with Crippen molar-refractivity contribution < 1.29 is 18.4 Å². The minimum Gasteiger partial charge on any atom is -0.289 e. The maximum absolute atomic E-state index is 13.0. The predicted molar refractivity (Wildman–Crippen MR) is 110 cm³/mol. The number of hydrogen-bond acceptors (Lipinski definition) is 4. The third-order valence-corrected chi connectivity index (χ3v) is 6.30. The van der Waals surface area contributed by atoms with E-state index in [1.54, 1.807) is 5.48 Å². The van der Waals surface area contributed by atoms with Gasteiger partial charge in [0.1, 0.15) is 0 Å². The number of nitrogens with zero attached hydrogens (tertiary/aromatic N) is 1. The smallest absolute Gasteiger partial charge is 0.243 e. The zero-order valence-electron chi connectivity index (χ0n) is 16.0. The van der Waals surface area contributed by atoms with E-state index >= 15 is 0 Å². The quantitative estimate of drug-likeness (QED) is 0.319. The van der Waals surface area contributed by atoms with Crippen LogP contribution in [0.3, 0.4) is 0 Å². The van der Waals surface area contributed by atoms with Crippen molar-refractivity contribution in [1.29, 1.82) is 0 Å². The Kier molecular flexibility index (Phi) is 8.97. The lowest BCUT2D eigenvalue weighted by molar-refractivity contribution is -0.129. The van der Waals surface area contributed by atoms with Gasteiger partial charge < -0.3 is 0 Å². The van der Waals surface area contributed by atoms with Gasteiger partial charge in [0, 0.05) is 6.42 Å². The average molecular weight is 405 g/mol. The van der Waals surface area contributed by atoms with Gasteiger partial charge in [0.15, 0.2) is 0 Å². The van der Waals surface area contributed by atoms with Gasteiger partial charge in [-0.3, -0.25) is 14.3 Å². The first kappa shape index (κ1) is 21.9. The molecule has 0 aromatic heterocycles. The van der Waals surface area contributed by atoms with Crippen molar-refractivity contribution in [2.75, 3.05) is 10.1 Å². The average Bonchev–Trinajstić information content (AvgIpc) is 2.72. The fourth-order valence-electron chi connectivity index (χ4n) is 2.96. The highest BCUT2D eigenvalue weighted by Crippen LogP contribution is 2.22. The van der Waals surface area contributed by atoms with Crippen molar-refractivity contribution in [3.63, 3.8) is 0 Å². The Morgan fingerprint density at radius 1 is 0.857 bits per heavy atom. The summed E-state index contributed by atoms with van der Waals surface area (Å²) in [6.07, 6.45) is 4.02. The Bertz CT molecular complexity index is 811. The molecule has 1 amide bonds. The van der Waals surface area contributed by atoms with Crippen molar-refractivity contribution >= 4 is 21.6 Å². The summed E-state index contributed by atoms with van der Waals surface area (Å²) in [6.45, 7) is 0.309. The minimum absolute atomic E-state index is 0.0891. The number of rotatable bonds is 12. The Hall–Kier alpha value is -2.38. The van der Waals surface area contributed by atoms with E-state index in [0.29, 0.717) is 25.1 Å². The van der Waals surface area contributed by atoms with Crippen LogP contribution in [0.4, 0.5) is 5.69 Å². The van der Waals surface area contributed by atoms with Crippen molar-refractivity contribution in [1.82, 2.24) is 5.48 Å². The summed E-state index contributed by atoms with van der Waals surface area (Å²) >= 11 is 0. The van der Waals surface area contributed by atoms with Gasteiger partial charge in [-0.1, -0.05) is 67.8 Å². The number of benzene rings is 2. The first-order valence-corrected chi connectivity index (χ1v) is 11.2. The van der Waals surface area contributed by atoms with E-state index in [1.165, 1.54) is 4.31 Å². The molecule has 152 valence electrons. The second kappa shape index (κ2) is 11.5. The number of unbranched alkanes of at least 4 members (excludes halogenated alkanes) is 4. The van der Waals surface area contributed by atoms with Crippen molar-refractivity contribution in [3.05, 3.63) is 66.2 Å². The Balaban J connectivity index is 1.91. The van der Waals surface area contributed by atoms with Crippen molar-refractivity contribution in [3.8, 4) is 0 Å². The molecule has 0 heterocycles. The van der Waals surface area contributed by atoms with Crippen LogP contribution in [-0.4, -0.2) is 25.3 Å². The highest BCUT2D eigenvalue weighted by atomic mass is 32.2. The SMILES string of the molecule is O=C(CCCCCCCS(=O)(=O)N(Cc1ccccc1)c1ccccc1)NO. The molecule has 2 aromatic rings. The molecule has 0 fully saturated rings. The summed E-state index contributed by atoms with van der Waals surface area (Å²) in [5, 5.41) is 8.45. The highest BCUT2D eigenvalue weighted by molar-refractivity contribution is 7.92. The van der Waals surface area contributed by atoms with E-state index in [1.807, 2.05) is 60.7 Å². The maximum atomic E-state index is 13.0. The van der Waals surface area contributed by atoms with Gasteiger partial charge >= 0.3 is 0 Å². The molecule has 0 unspecified atom stereocenters. The first-order chi connectivity index (χ1) is 13.5. The molecule has 0 spiro atoms. The van der Waals surface area contributed by atoms with Gasteiger partial charge in [-0.05, 0) is 30.5 Å². The van der Waals surface area contributed by atoms with Crippen LogP contribution in [0, 0.1) is 0 Å². The van der Waals surface area contributed by atoms with E-state index in [4.69, 9.17) is 5.21 Å². The summed E-state index contributed by atoms with van der Waals surface area (Å²) in [7, 11) is -3.45. The van der Waals surface area contributed by atoms with E-state index < -0.39 is 10.0 Å². The van der Waals surface area contributed by atoms with E-state index in [0.717, 1.165) is 24.8 Å². The summed E-state index contributed by atoms with van der Waals surface area (Å²) in [5.41, 5.74) is 3.22. The van der Waals surface area contributed by atoms with Crippen LogP contribution in [-0.2, 0) is 21.4 Å². The second-order valence-electron chi connectivity index (χ2n) is 6.70. The molecule has 0 radical (unpaired) electrons. The standard InChI is InChI=1S/C21H28N2O4S/c24-21(22-25)16-10-2-1-3-11-17-28(26,27)23(20-14-8-5-9-15-20)18-19-12-6-4-7-13-19/h4-9,12-15,25H,1-3,10-11,16-18H2,(H,22,24). The van der Waals surface area contributed by atoms with Crippen LogP contribution >= 0.6 is 0 Å². The molecular formula is C21H28N2O4S. The van der Waals surface area contributed by atoms with Crippen LogP contribution in [0.5, 0.6) is 0 Å². The third kappa shape index (κ3) is 7.32. The molecule has 0 aliphatic carbocycles. The zero-order chi connectivity index (χ0) is 20.2. The third-order valence-electron chi connectivity index (χ3n) is 4.48. The van der Waals surface area contributed by atoms with E-state index in [-0.39, 0.29) is 18.1 Å². The molecule has 2 N–H and O–H groups in total. The van der Waals surface area contributed by atoms with Crippen LogP contribution in [0.15, 0.2) is 60.7 Å². The number of carbonyl (C=O) groups excluding carboxylic acids is 1. The Morgan fingerprint density at radius 2 is 1.43 bits per heavy atom. The molecular weight excluding hydrogens is 376 g/mol. The summed E-state index contributed by atoms with van der Waals surface area (Å²) in [5.74, 6) is -0.298. The van der Waals surface area contributed by atoms with Gasteiger partial charge in [0.25, 0.3) is 0 Å². The lowest BCUT2D eigenvalue weighted by Gasteiger charge is -2.24. The lowest BCUT2D eigenvalue weighted by atomic mass is 10.1. The largest absolute Gasteiger partial charge is 0.289 e. The van der Waals surface area contributed by atoms with E-state index in [9.17, 15) is 13.2 Å². The van der Waals surface area contributed by atoms with Crippen LogP contribution < -0.4 is 9.79 Å². The molecule has 28 heavy (non-hydrogen) atoms. The molecule has 0 saturated heterocycles. The molecule has 7 heteroatoms. The van der Waals surface area contributed by atoms with Gasteiger partial charge in [0.05, 0.1) is 18.0 Å². The maximum Gasteiger partial charge on any atom is 0.243 e. The first-order valence-electron chi connectivity index (χ1n) is 9.55. The number of amides is 1. The van der Waals surface area contributed by atoms with Crippen LogP contribution in [0.1, 0.15) is 44.1 Å². The monoisotopic (exact) mass is 404 g/mol. The molecule has 0 bridgehead atoms. The summed E-state index contributed by atoms with van der Waals surface area (Å²) < 4.78 is 27.5. The Morgan fingerprint density at radius 3 is 2.07 bits per heavy atom. The predicted octanol–water partition coefficient (Wildman–Crippen LogP) is 3.87. The molecule has 0 aliphatic rings. The number of hydrogen-bond donors (Lipinski definition) is 2. The number of carbonyl (C=O) groups is 1. The fourth-order valence-corrected chi connectivity index (χ4v) is 4.54. The number of hydroxylamine groups is 1. The zero-order valence-corrected chi connectivity index (χ0v) is 16.8. The normalized spacial score (nSPS) is 11.2. The number of nitrogens with one attached hydrogen (secondary N) is 1. The number of sulfonamides is 1. The van der Waals surface area contributed by atoms with Gasteiger partial charge in [-0.2, -0.15) is 0 Å². The Labute approximate surface area is 167 Å². The molecule has 6 nitrogen and oxygen atoms in total. The second-order valence-corrected chi connectivity index (χ2v) is 8.71. The molecule has 0 atom stereocenters. The highest BCUT2D eigenvalue weighted by Gasteiger charge is 2.22. The summed E-state index contributed by atoms with van der Waals surface area (Å²) in [4.78, 5) is 10.9.